The Balaban J connectivity index is 1.30. The van der Waals surface area contributed by atoms with Crippen LogP contribution in [0.4, 0.5) is 0 Å². The molecule has 5 aromatic rings. The molecule has 1 unspecified atom stereocenters. The van der Waals surface area contributed by atoms with Gasteiger partial charge in [0.1, 0.15) is 5.54 Å². The van der Waals surface area contributed by atoms with Gasteiger partial charge in [-0.25, -0.2) is 4.98 Å². The Morgan fingerprint density at radius 3 is 1.86 bits per heavy atom. The van der Waals surface area contributed by atoms with E-state index in [1.807, 2.05) is 48.9 Å². The highest BCUT2D eigenvalue weighted by Crippen LogP contribution is 2.40. The summed E-state index contributed by atoms with van der Waals surface area (Å²) in [5, 5.41) is 2.73. The van der Waals surface area contributed by atoms with E-state index in [2.05, 4.69) is 107 Å². The van der Waals surface area contributed by atoms with E-state index in [9.17, 15) is 4.79 Å². The molecule has 5 rings (SSSR count). The van der Waals surface area contributed by atoms with Crippen LogP contribution in [-0.4, -0.2) is 28.0 Å². The molecule has 0 saturated heterocycles. The number of carbonyl (C=O) groups excluding carboxylic acids is 1. The third kappa shape index (κ3) is 6.50. The minimum atomic E-state index is -0.634. The molecule has 42 heavy (non-hydrogen) atoms. The Labute approximate surface area is 248 Å². The lowest BCUT2D eigenvalue weighted by atomic mass is 9.77. The molecule has 6 heteroatoms. The van der Waals surface area contributed by atoms with Gasteiger partial charge in [-0.15, -0.1) is 0 Å². The van der Waals surface area contributed by atoms with Gasteiger partial charge >= 0.3 is 0 Å². The molecular formula is C36H37N5O. The quantitative estimate of drug-likeness (QED) is 0.114. The minimum Gasteiger partial charge on any atom is -0.370 e. The zero-order valence-electron chi connectivity index (χ0n) is 23.9. The molecule has 0 aliphatic carbocycles. The van der Waals surface area contributed by atoms with Gasteiger partial charge < -0.3 is 10.3 Å². The van der Waals surface area contributed by atoms with Gasteiger partial charge in [0.05, 0.1) is 12.0 Å². The fourth-order valence-electron chi connectivity index (χ4n) is 5.47. The molecule has 0 saturated carbocycles. The van der Waals surface area contributed by atoms with Gasteiger partial charge in [0, 0.05) is 19.2 Å². The summed E-state index contributed by atoms with van der Waals surface area (Å²) in [5.41, 5.74) is 10.8. The lowest BCUT2D eigenvalue weighted by molar-refractivity contribution is -0.119. The van der Waals surface area contributed by atoms with Gasteiger partial charge in [0.25, 0.3) is 0 Å². The highest BCUT2D eigenvalue weighted by Gasteiger charge is 2.38. The number of guanidine groups is 1. The van der Waals surface area contributed by atoms with E-state index < -0.39 is 5.54 Å². The number of benzene rings is 4. The first-order chi connectivity index (χ1) is 20.6. The Hall–Kier alpha value is -4.97. The number of aromatic nitrogens is 2. The molecule has 0 bridgehead atoms. The predicted octanol–water partition coefficient (Wildman–Crippen LogP) is 6.28. The van der Waals surface area contributed by atoms with Crippen LogP contribution < -0.4 is 11.1 Å². The average molecular weight is 556 g/mol. The van der Waals surface area contributed by atoms with Gasteiger partial charge in [0.15, 0.2) is 5.96 Å². The van der Waals surface area contributed by atoms with E-state index in [0.717, 1.165) is 28.8 Å². The maximum absolute atomic E-state index is 12.7. The van der Waals surface area contributed by atoms with Gasteiger partial charge in [-0.05, 0) is 41.0 Å². The maximum atomic E-state index is 12.7. The second kappa shape index (κ2) is 13.6. The fourth-order valence-corrected chi connectivity index (χ4v) is 5.47. The van der Waals surface area contributed by atoms with Crippen molar-refractivity contribution in [2.75, 3.05) is 6.54 Å². The second-order valence-corrected chi connectivity index (χ2v) is 10.5. The number of nitrogens with zero attached hydrogens (tertiary/aromatic N) is 3. The topological polar surface area (TPSA) is 85.3 Å². The SMILES string of the molecule is CC(CCN=C(N)NC(=O)CCc1cn(C(c2ccccc2)(c2ccccc2)c2ccccc2)cn1)c1ccccc1. The summed E-state index contributed by atoms with van der Waals surface area (Å²) < 4.78 is 2.16. The molecule has 212 valence electrons. The largest absolute Gasteiger partial charge is 0.370 e. The van der Waals surface area contributed by atoms with Crippen molar-refractivity contribution >= 4 is 11.9 Å². The summed E-state index contributed by atoms with van der Waals surface area (Å²) in [6.45, 7) is 2.72. The lowest BCUT2D eigenvalue weighted by Gasteiger charge is -2.37. The molecule has 6 nitrogen and oxygen atoms in total. The van der Waals surface area contributed by atoms with Gasteiger partial charge in [-0.3, -0.25) is 15.1 Å². The van der Waals surface area contributed by atoms with Gasteiger partial charge in [-0.1, -0.05) is 128 Å². The molecule has 1 aromatic heterocycles. The monoisotopic (exact) mass is 555 g/mol. The van der Waals surface area contributed by atoms with Crippen LogP contribution in [0.2, 0.25) is 0 Å². The molecule has 0 aliphatic heterocycles. The minimum absolute atomic E-state index is 0.155. The number of hydrogen-bond acceptors (Lipinski definition) is 3. The summed E-state index contributed by atoms with van der Waals surface area (Å²) in [6.07, 6.45) is 5.49. The first-order valence-corrected chi connectivity index (χ1v) is 14.4. The van der Waals surface area contributed by atoms with Crippen molar-refractivity contribution in [3.05, 3.63) is 162 Å². The van der Waals surface area contributed by atoms with Crippen LogP contribution in [0.15, 0.2) is 139 Å². The Bertz CT molecular complexity index is 1480. The molecule has 1 heterocycles. The molecule has 3 N–H and O–H groups in total. The number of imidazole rings is 1. The number of rotatable bonds is 11. The van der Waals surface area contributed by atoms with Crippen molar-refractivity contribution in [2.45, 2.75) is 37.6 Å². The predicted molar refractivity (Wildman–Crippen MR) is 169 cm³/mol. The molecule has 1 atom stereocenters. The number of carbonyl (C=O) groups is 1. The Kier molecular flexibility index (Phi) is 9.24. The van der Waals surface area contributed by atoms with Crippen molar-refractivity contribution in [1.82, 2.24) is 14.9 Å². The summed E-state index contributed by atoms with van der Waals surface area (Å²) in [7, 11) is 0. The Morgan fingerprint density at radius 1 is 0.833 bits per heavy atom. The van der Waals surface area contributed by atoms with Crippen LogP contribution in [0.25, 0.3) is 0 Å². The lowest BCUT2D eigenvalue weighted by Crippen LogP contribution is -2.37. The second-order valence-electron chi connectivity index (χ2n) is 10.5. The van der Waals surface area contributed by atoms with Crippen LogP contribution in [0.3, 0.4) is 0 Å². The van der Waals surface area contributed by atoms with Gasteiger partial charge in [-0.2, -0.15) is 0 Å². The highest BCUT2D eigenvalue weighted by molar-refractivity contribution is 5.96. The van der Waals surface area contributed by atoms with E-state index in [4.69, 9.17) is 10.7 Å². The summed E-state index contributed by atoms with van der Waals surface area (Å²) in [5.74, 6) is 0.340. The number of hydrogen-bond donors (Lipinski definition) is 2. The fraction of sp³-hybridized carbons (Fsp3) is 0.194. The summed E-state index contributed by atoms with van der Waals surface area (Å²) in [6, 6.07) is 41.7. The number of aryl methyl sites for hydroxylation is 1. The molecule has 0 fully saturated rings. The molecule has 0 aliphatic rings. The van der Waals surface area contributed by atoms with Crippen molar-refractivity contribution in [1.29, 1.82) is 0 Å². The van der Waals surface area contributed by atoms with Crippen LogP contribution in [0.5, 0.6) is 0 Å². The van der Waals surface area contributed by atoms with Crippen molar-refractivity contribution in [3.63, 3.8) is 0 Å². The van der Waals surface area contributed by atoms with Crippen molar-refractivity contribution < 1.29 is 4.79 Å². The van der Waals surface area contributed by atoms with E-state index in [0.29, 0.717) is 18.9 Å². The first-order valence-electron chi connectivity index (χ1n) is 14.4. The maximum Gasteiger partial charge on any atom is 0.227 e. The Morgan fingerprint density at radius 2 is 1.33 bits per heavy atom. The van der Waals surface area contributed by atoms with Crippen LogP contribution >= 0.6 is 0 Å². The molecule has 0 radical (unpaired) electrons. The number of nitrogens with one attached hydrogen (secondary N) is 1. The third-order valence-electron chi connectivity index (χ3n) is 7.69. The van der Waals surface area contributed by atoms with E-state index in [1.54, 1.807) is 0 Å². The van der Waals surface area contributed by atoms with Gasteiger partial charge in [0.2, 0.25) is 5.91 Å². The standard InChI is InChI=1S/C36H37N5O/c1-28(29-14-6-2-7-15-29)24-25-38-35(37)40-34(42)23-22-33-26-41(27-39-33)36(30-16-8-3-9-17-30,31-18-10-4-11-19-31)32-20-12-5-13-21-32/h2-21,26-28H,22-25H2,1H3,(H3,37,38,40,42). The van der Waals surface area contributed by atoms with Crippen LogP contribution in [0, 0.1) is 0 Å². The van der Waals surface area contributed by atoms with E-state index >= 15 is 0 Å². The normalized spacial score (nSPS) is 12.5. The zero-order chi connectivity index (χ0) is 29.2. The first kappa shape index (κ1) is 28.6. The van der Waals surface area contributed by atoms with Crippen molar-refractivity contribution in [3.8, 4) is 0 Å². The number of amides is 1. The number of aliphatic imine (C=N–C) groups is 1. The molecule has 1 amide bonds. The van der Waals surface area contributed by atoms with Crippen molar-refractivity contribution in [2.24, 2.45) is 10.7 Å². The summed E-state index contributed by atoms with van der Waals surface area (Å²) >= 11 is 0. The number of nitrogens with two attached hydrogens (primary N) is 1. The highest BCUT2D eigenvalue weighted by atomic mass is 16.1. The molecular weight excluding hydrogens is 518 g/mol. The average Bonchev–Trinajstić information content (AvgIpc) is 3.52. The molecule has 4 aromatic carbocycles. The smallest absolute Gasteiger partial charge is 0.227 e. The zero-order valence-corrected chi connectivity index (χ0v) is 23.9. The molecule has 0 spiro atoms. The third-order valence-corrected chi connectivity index (χ3v) is 7.69. The van der Waals surface area contributed by atoms with Crippen LogP contribution in [0.1, 0.15) is 53.6 Å². The van der Waals surface area contributed by atoms with E-state index in [-0.39, 0.29) is 18.3 Å². The van der Waals surface area contributed by atoms with Crippen LogP contribution in [-0.2, 0) is 16.8 Å². The van der Waals surface area contributed by atoms with E-state index in [1.165, 1.54) is 5.56 Å². The summed E-state index contributed by atoms with van der Waals surface area (Å²) in [4.78, 5) is 21.8.